The van der Waals surface area contributed by atoms with Crippen molar-refractivity contribution in [1.82, 2.24) is 0 Å². The first kappa shape index (κ1) is 14.1. The molecule has 0 amide bonds. The third kappa shape index (κ3) is 2.52. The van der Waals surface area contributed by atoms with Crippen LogP contribution >= 0.6 is 0 Å². The van der Waals surface area contributed by atoms with Crippen molar-refractivity contribution in [3.63, 3.8) is 0 Å². The van der Waals surface area contributed by atoms with E-state index in [4.69, 9.17) is 0 Å². The summed E-state index contributed by atoms with van der Waals surface area (Å²) in [4.78, 5) is 11.9. The summed E-state index contributed by atoms with van der Waals surface area (Å²) in [5, 5.41) is 9.64. The van der Waals surface area contributed by atoms with Gasteiger partial charge >= 0.3 is 5.97 Å². The molecule has 4 nitrogen and oxygen atoms in total. The maximum absolute atomic E-state index is 11.9. The molecule has 0 bridgehead atoms. The van der Waals surface area contributed by atoms with Crippen LogP contribution in [0.3, 0.4) is 0 Å². The minimum atomic E-state index is -3.42. The number of aliphatic carboxylic acids is 1. The van der Waals surface area contributed by atoms with Gasteiger partial charge < -0.3 is 5.11 Å². The fourth-order valence-corrected chi connectivity index (χ4v) is 3.93. The molecule has 1 saturated carbocycles. The molecular weight excluding hydrogens is 264 g/mol. The van der Waals surface area contributed by atoms with Crippen LogP contribution in [0.5, 0.6) is 0 Å². The minimum absolute atomic E-state index is 0.152. The average Bonchev–Trinajstić information content (AvgIpc) is 2.38. The van der Waals surface area contributed by atoms with E-state index < -0.39 is 21.2 Å². The smallest absolute Gasteiger partial charge is 0.314 e. The van der Waals surface area contributed by atoms with Crippen LogP contribution in [0, 0.1) is 0 Å². The highest BCUT2D eigenvalue weighted by Gasteiger charge is 2.43. The molecule has 19 heavy (non-hydrogen) atoms. The van der Waals surface area contributed by atoms with Crippen molar-refractivity contribution in [3.8, 4) is 0 Å². The third-order valence-electron chi connectivity index (χ3n) is 3.92. The van der Waals surface area contributed by atoms with Gasteiger partial charge in [0.25, 0.3) is 0 Å². The van der Waals surface area contributed by atoms with E-state index in [9.17, 15) is 18.3 Å². The van der Waals surface area contributed by atoms with E-state index in [-0.39, 0.29) is 4.90 Å². The van der Waals surface area contributed by atoms with E-state index in [1.165, 1.54) is 6.07 Å². The molecule has 1 aromatic carbocycles. The van der Waals surface area contributed by atoms with Crippen molar-refractivity contribution < 1.29 is 18.3 Å². The highest BCUT2D eigenvalue weighted by atomic mass is 32.2. The van der Waals surface area contributed by atoms with E-state index in [1.807, 2.05) is 0 Å². The molecule has 0 unspecified atom stereocenters. The Balaban J connectivity index is 2.64. The molecule has 0 saturated heterocycles. The number of carboxylic acids is 1. The first-order valence-corrected chi connectivity index (χ1v) is 8.30. The van der Waals surface area contributed by atoms with Crippen molar-refractivity contribution in [3.05, 3.63) is 29.8 Å². The van der Waals surface area contributed by atoms with Gasteiger partial charge in [-0.05, 0) is 24.5 Å². The van der Waals surface area contributed by atoms with Gasteiger partial charge in [-0.15, -0.1) is 0 Å². The van der Waals surface area contributed by atoms with Gasteiger partial charge in [-0.3, -0.25) is 4.79 Å². The van der Waals surface area contributed by atoms with Gasteiger partial charge in [0.15, 0.2) is 9.84 Å². The monoisotopic (exact) mass is 282 g/mol. The highest BCUT2D eigenvalue weighted by molar-refractivity contribution is 7.90. The molecule has 1 aliphatic carbocycles. The maximum atomic E-state index is 11.9. The van der Waals surface area contributed by atoms with Crippen molar-refractivity contribution >= 4 is 15.8 Å². The number of benzene rings is 1. The lowest BCUT2D eigenvalue weighted by Gasteiger charge is -2.34. The number of sulfone groups is 1. The lowest BCUT2D eigenvalue weighted by atomic mass is 9.69. The number of rotatable bonds is 3. The quantitative estimate of drug-likeness (QED) is 0.924. The summed E-state index contributed by atoms with van der Waals surface area (Å²) in [6, 6.07) is 6.50. The second-order valence-electron chi connectivity index (χ2n) is 5.22. The summed E-state index contributed by atoms with van der Waals surface area (Å²) in [6.07, 6.45) is 4.80. The van der Waals surface area contributed by atoms with Gasteiger partial charge in [0.2, 0.25) is 0 Å². The van der Waals surface area contributed by atoms with E-state index in [0.29, 0.717) is 18.4 Å². The van der Waals surface area contributed by atoms with E-state index in [2.05, 4.69) is 0 Å². The standard InChI is InChI=1S/C14H18O4S/c1-19(17,18)12-8-4-3-7-11(12)14(13(15)16)9-5-2-6-10-14/h3-4,7-8H,2,5-6,9-10H2,1H3,(H,15,16). The lowest BCUT2D eigenvalue weighted by molar-refractivity contribution is -0.145. The van der Waals surface area contributed by atoms with Crippen molar-refractivity contribution in [2.75, 3.05) is 6.26 Å². The van der Waals surface area contributed by atoms with Crippen molar-refractivity contribution in [2.24, 2.45) is 0 Å². The summed E-state index contributed by atoms with van der Waals surface area (Å²) in [5.41, 5.74) is -0.595. The number of hydrogen-bond acceptors (Lipinski definition) is 3. The van der Waals surface area contributed by atoms with Crippen LogP contribution in [-0.4, -0.2) is 25.7 Å². The predicted octanol–water partition coefficient (Wildman–Crippen LogP) is 2.38. The van der Waals surface area contributed by atoms with Crippen LogP contribution in [0.4, 0.5) is 0 Å². The van der Waals surface area contributed by atoms with Gasteiger partial charge in [-0.1, -0.05) is 37.5 Å². The molecule has 0 heterocycles. The fourth-order valence-electron chi connectivity index (χ4n) is 2.94. The molecule has 5 heteroatoms. The molecule has 0 atom stereocenters. The molecule has 1 aliphatic rings. The summed E-state index contributed by atoms with van der Waals surface area (Å²) < 4.78 is 23.7. The Hall–Kier alpha value is -1.36. The van der Waals surface area contributed by atoms with Crippen molar-refractivity contribution in [1.29, 1.82) is 0 Å². The Morgan fingerprint density at radius 2 is 1.74 bits per heavy atom. The number of hydrogen-bond donors (Lipinski definition) is 1. The maximum Gasteiger partial charge on any atom is 0.314 e. The fraction of sp³-hybridized carbons (Fsp3) is 0.500. The van der Waals surface area contributed by atoms with Crippen molar-refractivity contribution in [2.45, 2.75) is 42.4 Å². The van der Waals surface area contributed by atoms with Crippen LogP contribution in [0.25, 0.3) is 0 Å². The molecule has 1 N–H and O–H groups in total. The van der Waals surface area contributed by atoms with Gasteiger partial charge in [0, 0.05) is 6.26 Å². The molecule has 2 rings (SSSR count). The molecule has 104 valence electrons. The second-order valence-corrected chi connectivity index (χ2v) is 7.20. The van der Waals surface area contributed by atoms with Crippen LogP contribution < -0.4 is 0 Å². The zero-order valence-corrected chi connectivity index (χ0v) is 11.7. The molecule has 0 radical (unpaired) electrons. The molecule has 0 aliphatic heterocycles. The Labute approximate surface area is 113 Å². The Morgan fingerprint density at radius 3 is 2.26 bits per heavy atom. The number of carboxylic acid groups (broad SMARTS) is 1. The third-order valence-corrected chi connectivity index (χ3v) is 5.07. The van der Waals surface area contributed by atoms with E-state index >= 15 is 0 Å². The van der Waals surface area contributed by atoms with Gasteiger partial charge in [-0.2, -0.15) is 0 Å². The molecule has 0 aromatic heterocycles. The zero-order valence-electron chi connectivity index (χ0n) is 10.9. The van der Waals surface area contributed by atoms with Crippen LogP contribution in [0.15, 0.2) is 29.2 Å². The van der Waals surface area contributed by atoms with Crippen LogP contribution in [0.2, 0.25) is 0 Å². The average molecular weight is 282 g/mol. The van der Waals surface area contributed by atoms with Gasteiger partial charge in [0.1, 0.15) is 0 Å². The predicted molar refractivity (Wildman–Crippen MR) is 72.0 cm³/mol. The second kappa shape index (κ2) is 4.96. The molecule has 1 fully saturated rings. The lowest BCUT2D eigenvalue weighted by Crippen LogP contribution is -2.39. The molecule has 1 aromatic rings. The normalized spacial score (nSPS) is 19.0. The van der Waals surface area contributed by atoms with Crippen LogP contribution in [0.1, 0.15) is 37.7 Å². The van der Waals surface area contributed by atoms with E-state index in [1.54, 1.807) is 18.2 Å². The van der Waals surface area contributed by atoms with E-state index in [0.717, 1.165) is 25.5 Å². The zero-order chi connectivity index (χ0) is 14.1. The summed E-state index contributed by atoms with van der Waals surface area (Å²) >= 11 is 0. The van der Waals surface area contributed by atoms with Gasteiger partial charge in [-0.25, -0.2) is 8.42 Å². The minimum Gasteiger partial charge on any atom is -0.481 e. The molecule has 0 spiro atoms. The summed E-state index contributed by atoms with van der Waals surface area (Å²) in [5.74, 6) is -0.914. The first-order valence-electron chi connectivity index (χ1n) is 6.41. The summed E-state index contributed by atoms with van der Waals surface area (Å²) in [6.45, 7) is 0. The Bertz CT molecular complexity index is 583. The highest BCUT2D eigenvalue weighted by Crippen LogP contribution is 2.42. The topological polar surface area (TPSA) is 71.4 Å². The SMILES string of the molecule is CS(=O)(=O)c1ccccc1C1(C(=O)O)CCCCC1. The Morgan fingerprint density at radius 1 is 1.16 bits per heavy atom. The largest absolute Gasteiger partial charge is 0.481 e. The van der Waals surface area contributed by atoms with Crippen LogP contribution in [-0.2, 0) is 20.0 Å². The summed E-state index contributed by atoms with van der Waals surface area (Å²) in [7, 11) is -3.42. The van der Waals surface area contributed by atoms with Gasteiger partial charge in [0.05, 0.1) is 10.3 Å². The Kier molecular flexibility index (Phi) is 3.67. The molecular formula is C14H18O4S. The first-order chi connectivity index (χ1) is 8.88. The number of carbonyl (C=O) groups is 1.